The van der Waals surface area contributed by atoms with Crippen LogP contribution >= 0.6 is 0 Å². The molecule has 6 nitrogen and oxygen atoms in total. The average molecular weight is 237 g/mol. The van der Waals surface area contributed by atoms with E-state index in [0.717, 1.165) is 0 Å². The van der Waals surface area contributed by atoms with Crippen molar-refractivity contribution in [2.75, 3.05) is 32.6 Å². The molecule has 0 bridgehead atoms. The molecule has 1 N–H and O–H groups in total. The lowest BCUT2D eigenvalue weighted by molar-refractivity contribution is -0.127. The van der Waals surface area contributed by atoms with Crippen molar-refractivity contribution in [1.29, 1.82) is 0 Å². The Hall–Kier alpha value is -2.11. The largest absolute Gasteiger partial charge is 0.478 e. The van der Waals surface area contributed by atoms with Gasteiger partial charge in [-0.15, -0.1) is 0 Å². The van der Waals surface area contributed by atoms with E-state index in [0.29, 0.717) is 5.82 Å². The summed E-state index contributed by atoms with van der Waals surface area (Å²) in [5.74, 6) is -0.629. The number of pyridine rings is 1. The zero-order chi connectivity index (χ0) is 13.0. The molecule has 1 aromatic rings. The standard InChI is InChI=1S/C11H15N3O3/c1-13(2)10(15)7-14(3)9-6-8(11(16)17)4-5-12-9/h4-6H,7H2,1-3H3,(H,16,17). The van der Waals surface area contributed by atoms with E-state index in [1.807, 2.05) is 0 Å². The summed E-state index contributed by atoms with van der Waals surface area (Å²) in [7, 11) is 5.02. The van der Waals surface area contributed by atoms with E-state index in [4.69, 9.17) is 5.11 Å². The number of hydrogen-bond acceptors (Lipinski definition) is 4. The van der Waals surface area contributed by atoms with Gasteiger partial charge >= 0.3 is 5.97 Å². The summed E-state index contributed by atoms with van der Waals surface area (Å²) in [6.07, 6.45) is 1.41. The third-order valence-electron chi connectivity index (χ3n) is 2.25. The van der Waals surface area contributed by atoms with Gasteiger partial charge < -0.3 is 14.9 Å². The van der Waals surface area contributed by atoms with Gasteiger partial charge in [-0.2, -0.15) is 0 Å². The molecule has 0 saturated carbocycles. The monoisotopic (exact) mass is 237 g/mol. The van der Waals surface area contributed by atoms with E-state index < -0.39 is 5.97 Å². The maximum atomic E-state index is 11.5. The van der Waals surface area contributed by atoms with Crippen LogP contribution in [-0.4, -0.2) is 54.6 Å². The zero-order valence-electron chi connectivity index (χ0n) is 10.0. The van der Waals surface area contributed by atoms with Crippen molar-refractivity contribution in [3.63, 3.8) is 0 Å². The fraction of sp³-hybridized carbons (Fsp3) is 0.364. The Morgan fingerprint density at radius 2 is 2.00 bits per heavy atom. The number of likely N-dealkylation sites (N-methyl/N-ethyl adjacent to an activating group) is 2. The molecule has 92 valence electrons. The van der Waals surface area contributed by atoms with Gasteiger partial charge in [-0.1, -0.05) is 0 Å². The number of amides is 1. The Morgan fingerprint density at radius 3 is 2.53 bits per heavy atom. The Balaban J connectivity index is 2.82. The highest BCUT2D eigenvalue weighted by atomic mass is 16.4. The summed E-state index contributed by atoms with van der Waals surface area (Å²) < 4.78 is 0. The number of hydrogen-bond donors (Lipinski definition) is 1. The minimum Gasteiger partial charge on any atom is -0.478 e. The van der Waals surface area contributed by atoms with Crippen LogP contribution in [0, 0.1) is 0 Å². The van der Waals surface area contributed by atoms with Crippen LogP contribution in [0.4, 0.5) is 5.82 Å². The van der Waals surface area contributed by atoms with Crippen molar-refractivity contribution in [2.24, 2.45) is 0 Å². The lowest BCUT2D eigenvalue weighted by Crippen LogP contribution is -2.34. The van der Waals surface area contributed by atoms with Crippen molar-refractivity contribution < 1.29 is 14.7 Å². The molecule has 0 aliphatic carbocycles. The Morgan fingerprint density at radius 1 is 1.35 bits per heavy atom. The molecule has 1 amide bonds. The van der Waals surface area contributed by atoms with Crippen LogP contribution in [0.25, 0.3) is 0 Å². The van der Waals surface area contributed by atoms with Gasteiger partial charge in [-0.05, 0) is 12.1 Å². The number of carbonyl (C=O) groups excluding carboxylic acids is 1. The number of carboxylic acid groups (broad SMARTS) is 1. The van der Waals surface area contributed by atoms with Crippen LogP contribution in [0.5, 0.6) is 0 Å². The second-order valence-corrected chi connectivity index (χ2v) is 3.85. The molecule has 0 spiro atoms. The first-order valence-corrected chi connectivity index (χ1v) is 5.02. The fourth-order valence-corrected chi connectivity index (χ4v) is 1.19. The normalized spacial score (nSPS) is 9.82. The molecule has 1 heterocycles. The minimum absolute atomic E-state index is 0.0740. The summed E-state index contributed by atoms with van der Waals surface area (Å²) in [5, 5.41) is 8.84. The highest BCUT2D eigenvalue weighted by Crippen LogP contribution is 2.11. The smallest absolute Gasteiger partial charge is 0.335 e. The van der Waals surface area contributed by atoms with Gasteiger partial charge in [0.1, 0.15) is 5.82 Å². The number of anilines is 1. The van der Waals surface area contributed by atoms with Gasteiger partial charge in [0.25, 0.3) is 0 Å². The van der Waals surface area contributed by atoms with Crippen LogP contribution in [0.1, 0.15) is 10.4 Å². The van der Waals surface area contributed by atoms with E-state index in [1.54, 1.807) is 26.0 Å². The lowest BCUT2D eigenvalue weighted by atomic mass is 10.2. The SMILES string of the molecule is CN(C)C(=O)CN(C)c1cc(C(=O)O)ccn1. The van der Waals surface area contributed by atoms with E-state index >= 15 is 0 Å². The number of aromatic carboxylic acids is 1. The molecule has 6 heteroatoms. The average Bonchev–Trinajstić information content (AvgIpc) is 2.28. The van der Waals surface area contributed by atoms with Crippen molar-refractivity contribution in [3.05, 3.63) is 23.9 Å². The molecule has 0 unspecified atom stereocenters. The third kappa shape index (κ3) is 3.44. The molecule has 1 rings (SSSR count). The Labute approximate surface area is 99.5 Å². The second kappa shape index (κ2) is 5.29. The zero-order valence-corrected chi connectivity index (χ0v) is 10.0. The van der Waals surface area contributed by atoms with E-state index in [1.165, 1.54) is 23.2 Å². The predicted molar refractivity (Wildman–Crippen MR) is 63.2 cm³/mol. The maximum absolute atomic E-state index is 11.5. The molecule has 0 saturated heterocycles. The van der Waals surface area contributed by atoms with E-state index in [-0.39, 0.29) is 18.0 Å². The number of nitrogens with zero attached hydrogens (tertiary/aromatic N) is 3. The van der Waals surface area contributed by atoms with Crippen molar-refractivity contribution in [1.82, 2.24) is 9.88 Å². The maximum Gasteiger partial charge on any atom is 0.335 e. The molecule has 0 radical (unpaired) electrons. The third-order valence-corrected chi connectivity index (χ3v) is 2.25. The van der Waals surface area contributed by atoms with Gasteiger partial charge in [0.05, 0.1) is 12.1 Å². The summed E-state index contributed by atoms with van der Waals surface area (Å²) in [5.41, 5.74) is 0.152. The fourth-order valence-electron chi connectivity index (χ4n) is 1.19. The van der Waals surface area contributed by atoms with Gasteiger partial charge in [0.15, 0.2) is 0 Å². The number of rotatable bonds is 4. The van der Waals surface area contributed by atoms with Gasteiger partial charge in [0, 0.05) is 27.3 Å². The first kappa shape index (κ1) is 13.0. The van der Waals surface area contributed by atoms with Crippen LogP contribution in [-0.2, 0) is 4.79 Å². The number of carboxylic acids is 1. The van der Waals surface area contributed by atoms with Crippen molar-refractivity contribution >= 4 is 17.7 Å². The molecule has 0 aliphatic rings. The van der Waals surface area contributed by atoms with Crippen molar-refractivity contribution in [3.8, 4) is 0 Å². The summed E-state index contributed by atoms with van der Waals surface area (Å²) in [6, 6.07) is 2.85. The summed E-state index contributed by atoms with van der Waals surface area (Å²) >= 11 is 0. The van der Waals surface area contributed by atoms with Gasteiger partial charge in [-0.25, -0.2) is 9.78 Å². The number of aromatic nitrogens is 1. The Bertz CT molecular complexity index is 432. The van der Waals surface area contributed by atoms with Crippen LogP contribution < -0.4 is 4.90 Å². The molecule has 0 aliphatic heterocycles. The van der Waals surface area contributed by atoms with Crippen molar-refractivity contribution in [2.45, 2.75) is 0 Å². The van der Waals surface area contributed by atoms with Crippen LogP contribution in [0.15, 0.2) is 18.3 Å². The predicted octanol–water partition coefficient (Wildman–Crippen LogP) is 0.304. The highest BCUT2D eigenvalue weighted by Gasteiger charge is 2.12. The molecular weight excluding hydrogens is 222 g/mol. The molecule has 0 fully saturated rings. The molecule has 0 atom stereocenters. The van der Waals surface area contributed by atoms with Crippen LogP contribution in [0.3, 0.4) is 0 Å². The molecule has 1 aromatic heterocycles. The quantitative estimate of drug-likeness (QED) is 0.815. The number of carbonyl (C=O) groups is 2. The van der Waals surface area contributed by atoms with E-state index in [9.17, 15) is 9.59 Å². The summed E-state index contributed by atoms with van der Waals surface area (Å²) in [4.78, 5) is 29.4. The first-order chi connectivity index (χ1) is 7.91. The van der Waals surface area contributed by atoms with E-state index in [2.05, 4.69) is 4.98 Å². The lowest BCUT2D eigenvalue weighted by Gasteiger charge is -2.20. The molecular formula is C11H15N3O3. The van der Waals surface area contributed by atoms with Crippen LogP contribution in [0.2, 0.25) is 0 Å². The second-order valence-electron chi connectivity index (χ2n) is 3.85. The minimum atomic E-state index is -1.01. The van der Waals surface area contributed by atoms with Gasteiger partial charge in [-0.3, -0.25) is 4.79 Å². The molecule has 0 aromatic carbocycles. The first-order valence-electron chi connectivity index (χ1n) is 5.02. The topological polar surface area (TPSA) is 73.7 Å². The molecule has 17 heavy (non-hydrogen) atoms. The summed E-state index contributed by atoms with van der Waals surface area (Å²) in [6.45, 7) is 0.156. The van der Waals surface area contributed by atoms with Gasteiger partial charge in [0.2, 0.25) is 5.91 Å². The highest BCUT2D eigenvalue weighted by molar-refractivity contribution is 5.88. The Kier molecular flexibility index (Phi) is 4.03.